The second kappa shape index (κ2) is 4.67. The van der Waals surface area contributed by atoms with Crippen LogP contribution in [-0.2, 0) is 11.3 Å². The van der Waals surface area contributed by atoms with Crippen molar-refractivity contribution >= 4 is 22.5 Å². The molecule has 1 aliphatic rings. The number of rotatable bonds is 2. The van der Waals surface area contributed by atoms with Gasteiger partial charge in [0.1, 0.15) is 0 Å². The summed E-state index contributed by atoms with van der Waals surface area (Å²) in [6.07, 6.45) is 0.251. The van der Waals surface area contributed by atoms with Crippen molar-refractivity contribution < 1.29 is 9.53 Å². The summed E-state index contributed by atoms with van der Waals surface area (Å²) in [5.41, 5.74) is 0.877. The predicted octanol–water partition coefficient (Wildman–Crippen LogP) is 2.13. The van der Waals surface area contributed by atoms with E-state index in [0.29, 0.717) is 12.3 Å². The number of hydrogen-bond acceptors (Lipinski definition) is 3. The number of aromatic nitrogens is 1. The molecule has 0 spiro atoms. The van der Waals surface area contributed by atoms with Crippen molar-refractivity contribution in [1.29, 1.82) is 0 Å². The molecule has 0 fully saturated rings. The van der Waals surface area contributed by atoms with E-state index in [-0.39, 0.29) is 17.2 Å². The zero-order chi connectivity index (χ0) is 14.3. The smallest absolute Gasteiger partial charge is 0.278 e. The Kier molecular flexibility index (Phi) is 2.97. The first-order valence-electron chi connectivity index (χ1n) is 6.76. The average Bonchev–Trinajstić information content (AvgIpc) is 2.45. The lowest BCUT2D eigenvalue weighted by Crippen LogP contribution is -2.39. The third-order valence-corrected chi connectivity index (χ3v) is 3.48. The first-order valence-corrected chi connectivity index (χ1v) is 6.76. The summed E-state index contributed by atoms with van der Waals surface area (Å²) in [6.45, 7) is 4.29. The molecule has 5 heteroatoms. The standard InChI is InChI=1S/C15H16N2O3/c1-3-8-17-11-7-5-4-6-10(11)13-12(15(17)19)16-14(18)9(2)20-13/h4-7,9H,3,8H2,1-2H3,(H,16,18)/t9-/m0/s1. The number of pyridine rings is 1. The summed E-state index contributed by atoms with van der Waals surface area (Å²) in [7, 11) is 0. The van der Waals surface area contributed by atoms with Gasteiger partial charge in [-0.3, -0.25) is 9.59 Å². The Morgan fingerprint density at radius 2 is 2.05 bits per heavy atom. The number of carbonyl (C=O) groups is 1. The molecule has 1 aliphatic heterocycles. The largest absolute Gasteiger partial charge is 0.478 e. The van der Waals surface area contributed by atoms with E-state index >= 15 is 0 Å². The van der Waals surface area contributed by atoms with Gasteiger partial charge in [0.2, 0.25) is 0 Å². The number of fused-ring (bicyclic) bond motifs is 3. The predicted molar refractivity (Wildman–Crippen MR) is 77.2 cm³/mol. The number of hydrogen-bond donors (Lipinski definition) is 1. The number of anilines is 1. The summed E-state index contributed by atoms with van der Waals surface area (Å²) in [4.78, 5) is 24.3. The number of ether oxygens (including phenoxy) is 1. The highest BCUT2D eigenvalue weighted by Gasteiger charge is 2.28. The molecule has 1 aromatic carbocycles. The normalized spacial score (nSPS) is 17.5. The Labute approximate surface area is 116 Å². The SMILES string of the molecule is CCCn1c(=O)c2c(c3ccccc31)O[C@@H](C)C(=O)N2. The summed E-state index contributed by atoms with van der Waals surface area (Å²) in [5.74, 6) is 0.193. The van der Waals surface area contributed by atoms with Crippen molar-refractivity contribution in [3.8, 4) is 5.75 Å². The number of para-hydroxylation sites is 1. The van der Waals surface area contributed by atoms with E-state index in [9.17, 15) is 9.59 Å². The van der Waals surface area contributed by atoms with Crippen molar-refractivity contribution in [2.24, 2.45) is 0 Å². The third-order valence-electron chi connectivity index (χ3n) is 3.48. The van der Waals surface area contributed by atoms with Crippen LogP contribution in [0.2, 0.25) is 0 Å². The van der Waals surface area contributed by atoms with Crippen LogP contribution in [0.1, 0.15) is 20.3 Å². The second-order valence-corrected chi connectivity index (χ2v) is 4.93. The van der Waals surface area contributed by atoms with Crippen LogP contribution in [0.25, 0.3) is 10.9 Å². The minimum Gasteiger partial charge on any atom is -0.478 e. The first-order chi connectivity index (χ1) is 9.63. The maximum absolute atomic E-state index is 12.5. The zero-order valence-electron chi connectivity index (χ0n) is 11.5. The Balaban J connectivity index is 2.37. The average molecular weight is 272 g/mol. The van der Waals surface area contributed by atoms with Crippen molar-refractivity contribution in [2.45, 2.75) is 32.9 Å². The van der Waals surface area contributed by atoms with Gasteiger partial charge in [-0.05, 0) is 25.5 Å². The molecule has 1 atom stereocenters. The molecule has 0 saturated heterocycles. The molecule has 5 nitrogen and oxygen atoms in total. The lowest BCUT2D eigenvalue weighted by molar-refractivity contribution is -0.122. The number of aryl methyl sites for hydroxylation is 1. The van der Waals surface area contributed by atoms with E-state index in [2.05, 4.69) is 5.32 Å². The van der Waals surface area contributed by atoms with Gasteiger partial charge in [-0.1, -0.05) is 19.1 Å². The molecule has 1 N–H and O–H groups in total. The van der Waals surface area contributed by atoms with E-state index in [4.69, 9.17) is 4.74 Å². The van der Waals surface area contributed by atoms with Gasteiger partial charge < -0.3 is 14.6 Å². The molecule has 3 rings (SSSR count). The Hall–Kier alpha value is -2.30. The van der Waals surface area contributed by atoms with Crippen LogP contribution in [0.15, 0.2) is 29.1 Å². The number of nitrogens with one attached hydrogen (secondary N) is 1. The minimum absolute atomic E-state index is 0.208. The van der Waals surface area contributed by atoms with Gasteiger partial charge in [0.15, 0.2) is 17.5 Å². The number of nitrogens with zero attached hydrogens (tertiary/aromatic N) is 1. The van der Waals surface area contributed by atoms with Crippen LogP contribution in [0.4, 0.5) is 5.69 Å². The van der Waals surface area contributed by atoms with Crippen LogP contribution in [0.5, 0.6) is 5.75 Å². The minimum atomic E-state index is -0.590. The van der Waals surface area contributed by atoms with Crippen LogP contribution >= 0.6 is 0 Å². The number of carbonyl (C=O) groups excluding carboxylic acids is 1. The maximum atomic E-state index is 12.5. The quantitative estimate of drug-likeness (QED) is 0.911. The molecule has 1 aromatic heterocycles. The Bertz CT molecular complexity index is 749. The van der Waals surface area contributed by atoms with Gasteiger partial charge in [-0.25, -0.2) is 0 Å². The van der Waals surface area contributed by atoms with E-state index in [1.807, 2.05) is 31.2 Å². The van der Waals surface area contributed by atoms with Gasteiger partial charge in [0, 0.05) is 11.9 Å². The molecule has 0 aliphatic carbocycles. The lowest BCUT2D eigenvalue weighted by Gasteiger charge is -2.25. The van der Waals surface area contributed by atoms with Crippen molar-refractivity contribution in [3.63, 3.8) is 0 Å². The highest BCUT2D eigenvalue weighted by molar-refractivity contribution is 6.02. The lowest BCUT2D eigenvalue weighted by atomic mass is 10.1. The first kappa shape index (κ1) is 12.7. The van der Waals surface area contributed by atoms with Gasteiger partial charge in [-0.2, -0.15) is 0 Å². The Morgan fingerprint density at radius 3 is 2.80 bits per heavy atom. The van der Waals surface area contributed by atoms with E-state index < -0.39 is 6.10 Å². The fourth-order valence-corrected chi connectivity index (χ4v) is 2.51. The monoisotopic (exact) mass is 272 g/mol. The van der Waals surface area contributed by atoms with Crippen LogP contribution in [-0.4, -0.2) is 16.6 Å². The molecule has 0 bridgehead atoms. The van der Waals surface area contributed by atoms with Gasteiger partial charge >= 0.3 is 0 Å². The van der Waals surface area contributed by atoms with Crippen molar-refractivity contribution in [2.75, 3.05) is 5.32 Å². The summed E-state index contributed by atoms with van der Waals surface area (Å²) in [5, 5.41) is 3.52. The molecule has 0 unspecified atom stereocenters. The molecule has 0 radical (unpaired) electrons. The fourth-order valence-electron chi connectivity index (χ4n) is 2.51. The molecular weight excluding hydrogens is 256 g/mol. The molecule has 2 heterocycles. The molecule has 104 valence electrons. The van der Waals surface area contributed by atoms with Crippen molar-refractivity contribution in [1.82, 2.24) is 4.57 Å². The van der Waals surface area contributed by atoms with E-state index in [0.717, 1.165) is 17.3 Å². The molecule has 1 amide bonds. The molecule has 0 saturated carbocycles. The molecule has 2 aromatic rings. The van der Waals surface area contributed by atoms with Crippen LogP contribution in [0.3, 0.4) is 0 Å². The van der Waals surface area contributed by atoms with Gasteiger partial charge in [0.25, 0.3) is 11.5 Å². The topological polar surface area (TPSA) is 60.3 Å². The van der Waals surface area contributed by atoms with Gasteiger partial charge in [0.05, 0.1) is 5.52 Å². The van der Waals surface area contributed by atoms with E-state index in [1.165, 1.54) is 0 Å². The highest BCUT2D eigenvalue weighted by Crippen LogP contribution is 2.34. The van der Waals surface area contributed by atoms with Crippen LogP contribution in [0, 0.1) is 0 Å². The summed E-state index contributed by atoms with van der Waals surface area (Å²) in [6, 6.07) is 7.60. The molecule has 20 heavy (non-hydrogen) atoms. The molecular formula is C15H16N2O3. The Morgan fingerprint density at radius 1 is 1.30 bits per heavy atom. The summed E-state index contributed by atoms with van der Waals surface area (Å²) < 4.78 is 7.33. The third kappa shape index (κ3) is 1.78. The van der Waals surface area contributed by atoms with E-state index in [1.54, 1.807) is 11.5 Å². The number of amides is 1. The van der Waals surface area contributed by atoms with Crippen molar-refractivity contribution in [3.05, 3.63) is 34.6 Å². The number of benzene rings is 1. The maximum Gasteiger partial charge on any atom is 0.278 e. The highest BCUT2D eigenvalue weighted by atomic mass is 16.5. The van der Waals surface area contributed by atoms with Gasteiger partial charge in [-0.15, -0.1) is 0 Å². The summed E-state index contributed by atoms with van der Waals surface area (Å²) >= 11 is 0. The zero-order valence-corrected chi connectivity index (χ0v) is 11.5. The second-order valence-electron chi connectivity index (χ2n) is 4.93. The fraction of sp³-hybridized carbons (Fsp3) is 0.333. The van der Waals surface area contributed by atoms with Crippen LogP contribution < -0.4 is 15.6 Å².